The minimum atomic E-state index is -1.17. The highest BCUT2D eigenvalue weighted by Gasteiger charge is 2.55. The lowest BCUT2D eigenvalue weighted by molar-refractivity contribution is -0.159. The van der Waals surface area contributed by atoms with Crippen LogP contribution in [0.15, 0.2) is 60.7 Å². The van der Waals surface area contributed by atoms with Gasteiger partial charge in [-0.15, -0.1) is 0 Å². The third kappa shape index (κ3) is 3.21. The summed E-state index contributed by atoms with van der Waals surface area (Å²) in [5.74, 6) is 0.0897. The highest BCUT2D eigenvalue weighted by atomic mass is 16.3. The fourth-order valence-electron chi connectivity index (χ4n) is 4.69. The monoisotopic (exact) mass is 379 g/mol. The van der Waals surface area contributed by atoms with Gasteiger partial charge in [0.05, 0.1) is 0 Å². The summed E-state index contributed by atoms with van der Waals surface area (Å²) in [7, 11) is 0. The van der Waals surface area contributed by atoms with E-state index in [0.717, 1.165) is 11.1 Å². The summed E-state index contributed by atoms with van der Waals surface area (Å²) >= 11 is 0. The second kappa shape index (κ2) is 7.13. The minimum absolute atomic E-state index is 0.105. The molecule has 0 spiro atoms. The number of Topliss-reactive ketones (excluding diaryl/α,β-unsaturated/α-hetero) is 1. The Labute approximate surface area is 169 Å². The molecule has 1 heterocycles. The van der Waals surface area contributed by atoms with Crippen LogP contribution < -0.4 is 0 Å². The highest BCUT2D eigenvalue weighted by molar-refractivity contribution is 5.86. The van der Waals surface area contributed by atoms with E-state index in [4.69, 9.17) is 0 Å². The molecule has 2 aromatic carbocycles. The SMILES string of the molecule is CC1C(=O)C(C)C(C)(C)N(CC(O)(c2ccccc2)c2ccccc2)C1(C)C. The first-order valence-corrected chi connectivity index (χ1v) is 10.2. The van der Waals surface area contributed by atoms with Crippen molar-refractivity contribution in [2.45, 2.75) is 58.2 Å². The van der Waals surface area contributed by atoms with Gasteiger partial charge in [-0.2, -0.15) is 0 Å². The topological polar surface area (TPSA) is 40.5 Å². The van der Waals surface area contributed by atoms with Crippen molar-refractivity contribution in [3.8, 4) is 0 Å². The zero-order chi connectivity index (χ0) is 20.7. The number of β-amino-alcohol motifs (C(OH)–C–C–N with tert-alkyl or cyclic N) is 1. The van der Waals surface area contributed by atoms with E-state index in [9.17, 15) is 9.90 Å². The van der Waals surface area contributed by atoms with E-state index in [1.807, 2.05) is 74.5 Å². The van der Waals surface area contributed by atoms with Crippen LogP contribution in [0.5, 0.6) is 0 Å². The van der Waals surface area contributed by atoms with Crippen LogP contribution in [0, 0.1) is 11.8 Å². The Morgan fingerprint density at radius 2 is 1.18 bits per heavy atom. The van der Waals surface area contributed by atoms with Gasteiger partial charge >= 0.3 is 0 Å². The zero-order valence-electron chi connectivity index (χ0n) is 17.9. The standard InChI is InChI=1S/C25H33NO2/c1-18-22(27)19(2)24(5,6)26(23(18,3)4)17-25(28,20-13-9-7-10-14-20)21-15-11-8-12-16-21/h7-16,18-19,28H,17H2,1-6H3. The molecule has 150 valence electrons. The first-order chi connectivity index (χ1) is 13.0. The lowest BCUT2D eigenvalue weighted by Gasteiger charge is -2.59. The Hall–Kier alpha value is -1.97. The number of benzene rings is 2. The van der Waals surface area contributed by atoms with Crippen molar-refractivity contribution in [1.29, 1.82) is 0 Å². The van der Waals surface area contributed by atoms with E-state index in [1.165, 1.54) is 0 Å². The molecule has 0 amide bonds. The van der Waals surface area contributed by atoms with Gasteiger partial charge in [0, 0.05) is 29.5 Å². The third-order valence-corrected chi connectivity index (χ3v) is 7.25. The molecular formula is C25H33NO2. The van der Waals surface area contributed by atoms with Gasteiger partial charge in [0.1, 0.15) is 11.4 Å². The van der Waals surface area contributed by atoms with E-state index >= 15 is 0 Å². The van der Waals surface area contributed by atoms with Gasteiger partial charge in [0.15, 0.2) is 0 Å². The fourth-order valence-corrected chi connectivity index (χ4v) is 4.69. The molecule has 1 aliphatic rings. The Morgan fingerprint density at radius 3 is 1.54 bits per heavy atom. The lowest BCUT2D eigenvalue weighted by atomic mass is 9.66. The molecule has 3 rings (SSSR count). The summed E-state index contributed by atoms with van der Waals surface area (Å²) in [5.41, 5.74) is -0.179. The maximum Gasteiger partial charge on any atom is 0.142 e. The van der Waals surface area contributed by atoms with Crippen molar-refractivity contribution in [2.24, 2.45) is 11.8 Å². The van der Waals surface area contributed by atoms with Crippen LogP contribution in [0.4, 0.5) is 0 Å². The predicted molar refractivity (Wildman–Crippen MR) is 114 cm³/mol. The zero-order valence-corrected chi connectivity index (χ0v) is 17.9. The average Bonchev–Trinajstić information content (AvgIpc) is 2.70. The summed E-state index contributed by atoms with van der Waals surface area (Å²) in [6, 6.07) is 19.7. The molecule has 0 aromatic heterocycles. The van der Waals surface area contributed by atoms with E-state index < -0.39 is 5.60 Å². The van der Waals surface area contributed by atoms with Gasteiger partial charge < -0.3 is 5.11 Å². The molecular weight excluding hydrogens is 346 g/mol. The Morgan fingerprint density at radius 1 is 0.821 bits per heavy atom. The Kier molecular flexibility index (Phi) is 5.28. The van der Waals surface area contributed by atoms with E-state index in [-0.39, 0.29) is 22.9 Å². The smallest absolute Gasteiger partial charge is 0.142 e. The molecule has 0 bridgehead atoms. The van der Waals surface area contributed by atoms with Gasteiger partial charge in [-0.05, 0) is 38.8 Å². The largest absolute Gasteiger partial charge is 0.379 e. The van der Waals surface area contributed by atoms with Crippen molar-refractivity contribution >= 4 is 5.78 Å². The van der Waals surface area contributed by atoms with E-state index in [0.29, 0.717) is 12.3 Å². The van der Waals surface area contributed by atoms with Crippen molar-refractivity contribution in [3.05, 3.63) is 71.8 Å². The third-order valence-electron chi connectivity index (χ3n) is 7.25. The molecule has 2 atom stereocenters. The van der Waals surface area contributed by atoms with Gasteiger partial charge in [0.25, 0.3) is 0 Å². The van der Waals surface area contributed by atoms with Gasteiger partial charge in [-0.25, -0.2) is 0 Å². The normalized spacial score (nSPS) is 24.9. The molecule has 1 aliphatic heterocycles. The maximum atomic E-state index is 12.9. The Balaban J connectivity index is 2.14. The summed E-state index contributed by atoms with van der Waals surface area (Å²) in [4.78, 5) is 15.3. The number of hydrogen-bond acceptors (Lipinski definition) is 3. The number of carbonyl (C=O) groups is 1. The lowest BCUT2D eigenvalue weighted by Crippen LogP contribution is -2.70. The van der Waals surface area contributed by atoms with Crippen LogP contribution in [-0.2, 0) is 10.4 Å². The van der Waals surface area contributed by atoms with Crippen molar-refractivity contribution in [2.75, 3.05) is 6.54 Å². The number of piperidine rings is 1. The number of carbonyl (C=O) groups excluding carboxylic acids is 1. The van der Waals surface area contributed by atoms with E-state index in [1.54, 1.807) is 0 Å². The van der Waals surface area contributed by atoms with Gasteiger partial charge in [0.2, 0.25) is 0 Å². The number of likely N-dealkylation sites (tertiary alicyclic amines) is 1. The van der Waals surface area contributed by atoms with E-state index in [2.05, 4.69) is 32.6 Å². The molecule has 28 heavy (non-hydrogen) atoms. The molecule has 1 fully saturated rings. The summed E-state index contributed by atoms with van der Waals surface area (Å²) in [6.45, 7) is 13.0. The number of nitrogens with zero attached hydrogens (tertiary/aromatic N) is 1. The van der Waals surface area contributed by atoms with Crippen LogP contribution in [0.3, 0.4) is 0 Å². The van der Waals surface area contributed by atoms with Crippen LogP contribution in [-0.4, -0.2) is 33.4 Å². The van der Waals surface area contributed by atoms with Crippen molar-refractivity contribution < 1.29 is 9.90 Å². The maximum absolute atomic E-state index is 12.9. The van der Waals surface area contributed by atoms with Crippen LogP contribution >= 0.6 is 0 Å². The van der Waals surface area contributed by atoms with Crippen LogP contribution in [0.1, 0.15) is 52.7 Å². The molecule has 2 unspecified atom stereocenters. The Bertz CT molecular complexity index is 763. The molecule has 1 N–H and O–H groups in total. The summed E-state index contributed by atoms with van der Waals surface area (Å²) in [6.07, 6.45) is 0. The second-order valence-corrected chi connectivity index (χ2v) is 9.33. The summed E-state index contributed by atoms with van der Waals surface area (Å²) in [5, 5.41) is 12.1. The van der Waals surface area contributed by atoms with Crippen LogP contribution in [0.25, 0.3) is 0 Å². The second-order valence-electron chi connectivity index (χ2n) is 9.33. The first-order valence-electron chi connectivity index (χ1n) is 10.2. The number of ketones is 1. The minimum Gasteiger partial charge on any atom is -0.379 e. The number of hydrogen-bond donors (Lipinski definition) is 1. The number of rotatable bonds is 4. The fraction of sp³-hybridized carbons (Fsp3) is 0.480. The van der Waals surface area contributed by atoms with Crippen molar-refractivity contribution in [1.82, 2.24) is 4.90 Å². The molecule has 1 saturated heterocycles. The predicted octanol–water partition coefficient (Wildman–Crippen LogP) is 4.64. The number of aliphatic hydroxyl groups is 1. The molecule has 2 aromatic rings. The van der Waals surface area contributed by atoms with Crippen LogP contribution in [0.2, 0.25) is 0 Å². The van der Waals surface area contributed by atoms with Gasteiger partial charge in [-0.1, -0.05) is 74.5 Å². The molecule has 0 saturated carbocycles. The quantitative estimate of drug-likeness (QED) is 0.841. The molecule has 0 radical (unpaired) electrons. The molecule has 0 aliphatic carbocycles. The molecule has 3 nitrogen and oxygen atoms in total. The average molecular weight is 380 g/mol. The van der Waals surface area contributed by atoms with Crippen molar-refractivity contribution in [3.63, 3.8) is 0 Å². The van der Waals surface area contributed by atoms with Gasteiger partial charge in [-0.3, -0.25) is 9.69 Å². The summed E-state index contributed by atoms with van der Waals surface area (Å²) < 4.78 is 0. The first kappa shape index (κ1) is 20.8. The molecule has 3 heteroatoms. The highest BCUT2D eigenvalue weighted by Crippen LogP contribution is 2.45.